The Labute approximate surface area is 397 Å². The van der Waals surface area contributed by atoms with E-state index in [1.807, 2.05) is 11.3 Å². The Morgan fingerprint density at radius 3 is 1.76 bits per heavy atom. The number of fused-ring (bicyclic) bond motifs is 17. The lowest BCUT2D eigenvalue weighted by molar-refractivity contribution is 0.794. The zero-order valence-electron chi connectivity index (χ0n) is 36.9. The lowest BCUT2D eigenvalue weighted by atomic mass is 9.70. The Hall–Kier alpha value is -8.50. The fourth-order valence-corrected chi connectivity index (χ4v) is 13.3. The smallest absolute Gasteiger partial charge is 0.0726 e. The molecule has 2 aromatic heterocycles. The van der Waals surface area contributed by atoms with E-state index in [0.29, 0.717) is 0 Å². The van der Waals surface area contributed by atoms with E-state index in [9.17, 15) is 0 Å². The van der Waals surface area contributed by atoms with E-state index in [1.54, 1.807) is 0 Å². The van der Waals surface area contributed by atoms with Crippen LogP contribution in [0.1, 0.15) is 22.3 Å². The molecule has 2 nitrogen and oxygen atoms in total. The molecule has 0 saturated carbocycles. The van der Waals surface area contributed by atoms with Crippen LogP contribution in [-0.2, 0) is 5.41 Å². The van der Waals surface area contributed by atoms with Crippen LogP contribution in [0.3, 0.4) is 0 Å². The number of rotatable bonds is 5. The van der Waals surface area contributed by atoms with Crippen molar-refractivity contribution < 1.29 is 0 Å². The van der Waals surface area contributed by atoms with Gasteiger partial charge in [0, 0.05) is 53.6 Å². The van der Waals surface area contributed by atoms with Gasteiger partial charge in [-0.05, 0) is 134 Å². The minimum atomic E-state index is -0.455. The summed E-state index contributed by atoms with van der Waals surface area (Å²) >= 11 is 1.88. The van der Waals surface area contributed by atoms with Crippen LogP contribution >= 0.6 is 11.3 Å². The van der Waals surface area contributed by atoms with Crippen LogP contribution in [0.25, 0.3) is 91.8 Å². The number of hydrogen-bond donors (Lipinski definition) is 0. The largest absolute Gasteiger partial charge is 0.310 e. The van der Waals surface area contributed by atoms with Gasteiger partial charge in [-0.2, -0.15) is 0 Å². The van der Waals surface area contributed by atoms with Gasteiger partial charge in [0.25, 0.3) is 0 Å². The number of para-hydroxylation sites is 1. The molecule has 2 heterocycles. The second-order valence-corrected chi connectivity index (χ2v) is 19.5. The first-order valence-corrected chi connectivity index (χ1v) is 24.3. The van der Waals surface area contributed by atoms with Crippen molar-refractivity contribution in [3.05, 3.63) is 265 Å². The first-order valence-electron chi connectivity index (χ1n) is 23.5. The van der Waals surface area contributed by atoms with Crippen molar-refractivity contribution in [2.24, 2.45) is 0 Å². The van der Waals surface area contributed by atoms with E-state index in [4.69, 9.17) is 0 Å². The van der Waals surface area contributed by atoms with Gasteiger partial charge >= 0.3 is 0 Å². The Morgan fingerprint density at radius 2 is 0.971 bits per heavy atom. The van der Waals surface area contributed by atoms with Gasteiger partial charge in [0.05, 0.1) is 22.1 Å². The molecule has 316 valence electrons. The standard InChI is InChI=1S/C65H40N2S/c1-2-17-45(18-3-1)67-59-36-35-47(38-52(59)53-40-63-54(39-61(53)67)50-21-9-13-28-62(50)68-63)66(46-33-31-42(32-34-46)44-30-29-41-15-4-5-16-43(41)37-44)60-27-14-26-58-64(60)51-22-8-12-25-57(51)65(58)55-23-10-6-19-48(55)49-20-7-11-24-56(49)65/h1-40H. The highest BCUT2D eigenvalue weighted by Gasteiger charge is 2.52. The molecule has 3 heteroatoms. The molecule has 1 spiro atoms. The van der Waals surface area contributed by atoms with Crippen LogP contribution in [0.4, 0.5) is 17.1 Å². The molecule has 68 heavy (non-hydrogen) atoms. The minimum Gasteiger partial charge on any atom is -0.310 e. The number of aromatic nitrogens is 1. The summed E-state index contributed by atoms with van der Waals surface area (Å²) in [4.78, 5) is 2.52. The molecule has 0 saturated heterocycles. The van der Waals surface area contributed by atoms with E-state index in [-0.39, 0.29) is 0 Å². The Bertz CT molecular complexity index is 4170. The molecule has 0 aliphatic heterocycles. The molecular weight excluding hydrogens is 841 g/mol. The fraction of sp³-hybridized carbons (Fsp3) is 0.0154. The average molecular weight is 881 g/mol. The van der Waals surface area contributed by atoms with Gasteiger partial charge < -0.3 is 9.47 Å². The summed E-state index contributed by atoms with van der Waals surface area (Å²) < 4.78 is 5.07. The lowest BCUT2D eigenvalue weighted by Crippen LogP contribution is -2.26. The van der Waals surface area contributed by atoms with Crippen LogP contribution in [0, 0.1) is 0 Å². The summed E-state index contributed by atoms with van der Waals surface area (Å²) in [6, 6.07) is 90.7. The Balaban J connectivity index is 1.00. The second kappa shape index (κ2) is 14.3. The molecule has 11 aromatic carbocycles. The average Bonchev–Trinajstić information content (AvgIpc) is 4.12. The molecule has 13 aromatic rings. The SMILES string of the molecule is c1ccc(-n2c3ccc(N(c4ccc(-c5ccc6ccccc6c5)cc4)c4cccc5c4-c4ccccc4C54c5ccccc5-c5ccccc54)cc3c3cc4sc5ccccc5c4cc32)cc1. The van der Waals surface area contributed by atoms with Gasteiger partial charge in [0.2, 0.25) is 0 Å². The van der Waals surface area contributed by atoms with Crippen LogP contribution in [-0.4, -0.2) is 4.57 Å². The molecule has 0 bridgehead atoms. The zero-order valence-corrected chi connectivity index (χ0v) is 37.7. The van der Waals surface area contributed by atoms with Gasteiger partial charge in [0.15, 0.2) is 0 Å². The predicted octanol–water partition coefficient (Wildman–Crippen LogP) is 17.8. The number of benzene rings is 11. The fourth-order valence-electron chi connectivity index (χ4n) is 12.1. The minimum absolute atomic E-state index is 0.455. The van der Waals surface area contributed by atoms with Crippen molar-refractivity contribution >= 4 is 81.1 Å². The normalized spacial score (nSPS) is 13.1. The summed E-state index contributed by atoms with van der Waals surface area (Å²) in [5.74, 6) is 0. The molecule has 0 amide bonds. The monoisotopic (exact) mass is 880 g/mol. The second-order valence-electron chi connectivity index (χ2n) is 18.4. The molecular formula is C65H40N2S. The molecule has 0 fully saturated rings. The van der Waals surface area contributed by atoms with Crippen molar-refractivity contribution in [1.29, 1.82) is 0 Å². The predicted molar refractivity (Wildman–Crippen MR) is 288 cm³/mol. The van der Waals surface area contributed by atoms with Crippen LogP contribution in [0.2, 0.25) is 0 Å². The van der Waals surface area contributed by atoms with Crippen LogP contribution < -0.4 is 4.90 Å². The number of hydrogen-bond acceptors (Lipinski definition) is 2. The summed E-state index contributed by atoms with van der Waals surface area (Å²) in [5, 5.41) is 7.57. The molecule has 15 rings (SSSR count). The summed E-state index contributed by atoms with van der Waals surface area (Å²) in [6.07, 6.45) is 0. The highest BCUT2D eigenvalue weighted by molar-refractivity contribution is 7.25. The quantitative estimate of drug-likeness (QED) is 0.167. The first-order chi connectivity index (χ1) is 33.7. The molecule has 0 atom stereocenters. The number of thiophene rings is 1. The molecule has 0 radical (unpaired) electrons. The number of anilines is 3. The van der Waals surface area contributed by atoms with E-state index >= 15 is 0 Å². The zero-order chi connectivity index (χ0) is 44.5. The maximum Gasteiger partial charge on any atom is 0.0726 e. The lowest BCUT2D eigenvalue weighted by Gasteiger charge is -2.32. The van der Waals surface area contributed by atoms with Gasteiger partial charge in [-0.1, -0.05) is 170 Å². The molecule has 2 aliphatic carbocycles. The van der Waals surface area contributed by atoms with Crippen molar-refractivity contribution in [3.63, 3.8) is 0 Å². The Morgan fingerprint density at radius 1 is 0.353 bits per heavy atom. The van der Waals surface area contributed by atoms with Gasteiger partial charge in [-0.25, -0.2) is 0 Å². The molecule has 0 unspecified atom stereocenters. The summed E-state index contributed by atoms with van der Waals surface area (Å²) in [6.45, 7) is 0. The van der Waals surface area contributed by atoms with Crippen LogP contribution in [0.5, 0.6) is 0 Å². The van der Waals surface area contributed by atoms with Crippen molar-refractivity contribution in [1.82, 2.24) is 4.57 Å². The Kier molecular flexibility index (Phi) is 7.90. The van der Waals surface area contributed by atoms with Crippen molar-refractivity contribution in [3.8, 4) is 39.1 Å². The topological polar surface area (TPSA) is 8.17 Å². The highest BCUT2D eigenvalue weighted by Crippen LogP contribution is 2.64. The number of nitrogens with zero attached hydrogens (tertiary/aromatic N) is 2. The van der Waals surface area contributed by atoms with E-state index in [1.165, 1.54) is 108 Å². The van der Waals surface area contributed by atoms with Gasteiger partial charge in [-0.3, -0.25) is 0 Å². The third kappa shape index (κ3) is 5.17. The van der Waals surface area contributed by atoms with E-state index < -0.39 is 5.41 Å². The summed E-state index contributed by atoms with van der Waals surface area (Å²) in [7, 11) is 0. The maximum absolute atomic E-state index is 2.52. The van der Waals surface area contributed by atoms with E-state index in [2.05, 4.69) is 252 Å². The molecule has 2 aliphatic rings. The maximum atomic E-state index is 2.52. The van der Waals surface area contributed by atoms with Gasteiger partial charge in [-0.15, -0.1) is 11.3 Å². The van der Waals surface area contributed by atoms with Crippen molar-refractivity contribution in [2.75, 3.05) is 4.90 Å². The third-order valence-electron chi connectivity index (χ3n) is 15.0. The summed E-state index contributed by atoms with van der Waals surface area (Å²) in [5.41, 5.74) is 19.4. The molecule has 0 N–H and O–H groups in total. The van der Waals surface area contributed by atoms with Crippen LogP contribution in [0.15, 0.2) is 243 Å². The highest BCUT2D eigenvalue weighted by atomic mass is 32.1. The van der Waals surface area contributed by atoms with Gasteiger partial charge in [0.1, 0.15) is 0 Å². The first kappa shape index (κ1) is 37.7. The third-order valence-corrected chi connectivity index (χ3v) is 16.1. The van der Waals surface area contributed by atoms with E-state index in [0.717, 1.165) is 22.7 Å². The van der Waals surface area contributed by atoms with Crippen molar-refractivity contribution in [2.45, 2.75) is 5.41 Å².